The highest BCUT2D eigenvalue weighted by Crippen LogP contribution is 1.83. The third-order valence-corrected chi connectivity index (χ3v) is 1.22. The molecule has 0 rings (SSSR count). The average Bonchev–Trinajstić information content (AvgIpc) is 2.17. The van der Waals surface area contributed by atoms with Gasteiger partial charge in [0.05, 0.1) is 12.7 Å². The Morgan fingerprint density at radius 2 is 2.00 bits per heavy atom. The first-order valence-corrected chi connectivity index (χ1v) is 4.39. The first-order valence-electron chi connectivity index (χ1n) is 4.39. The number of hydrogen-bond acceptors (Lipinski definition) is 3. The van der Waals surface area contributed by atoms with E-state index in [1.54, 1.807) is 12.2 Å². The van der Waals surface area contributed by atoms with E-state index in [4.69, 9.17) is 15.3 Å². The van der Waals surface area contributed by atoms with Gasteiger partial charge in [0.2, 0.25) is 0 Å². The zero-order valence-corrected chi connectivity index (χ0v) is 8.55. The molecule has 3 N–H and O–H groups in total. The summed E-state index contributed by atoms with van der Waals surface area (Å²) in [4.78, 5) is 9.75. The van der Waals surface area contributed by atoms with E-state index >= 15 is 0 Å². The molecule has 0 radical (unpaired) electrons. The molecule has 0 aliphatic carbocycles. The minimum Gasteiger partial charge on any atom is -0.478 e. The fourth-order valence-corrected chi connectivity index (χ4v) is 0.378. The number of carboxylic acids is 1. The van der Waals surface area contributed by atoms with Crippen LogP contribution >= 0.6 is 0 Å². The zero-order chi connectivity index (χ0) is 11.4. The molecule has 1 atom stereocenters. The van der Waals surface area contributed by atoms with Crippen molar-refractivity contribution in [3.63, 3.8) is 0 Å². The van der Waals surface area contributed by atoms with Crippen molar-refractivity contribution in [3.05, 3.63) is 24.3 Å². The second kappa shape index (κ2) is 11.9. The highest BCUT2D eigenvalue weighted by molar-refractivity contribution is 5.80. The van der Waals surface area contributed by atoms with Crippen molar-refractivity contribution in [1.29, 1.82) is 0 Å². The Kier molecular flexibility index (Phi) is 13.0. The maximum absolute atomic E-state index is 9.75. The Bertz CT molecular complexity index is 181. The maximum atomic E-state index is 9.75. The molecule has 0 saturated carbocycles. The van der Waals surface area contributed by atoms with E-state index in [0.717, 1.165) is 6.08 Å². The van der Waals surface area contributed by atoms with E-state index in [1.807, 2.05) is 13.8 Å². The molecule has 0 aromatic rings. The van der Waals surface area contributed by atoms with Crippen molar-refractivity contribution in [2.24, 2.45) is 0 Å². The molecule has 0 spiro atoms. The topological polar surface area (TPSA) is 77.8 Å². The van der Waals surface area contributed by atoms with Gasteiger partial charge in [0.15, 0.2) is 0 Å². The molecule has 0 heterocycles. The van der Waals surface area contributed by atoms with Crippen LogP contribution in [-0.4, -0.2) is 34.0 Å². The number of carbonyl (C=O) groups is 1. The fourth-order valence-electron chi connectivity index (χ4n) is 0.378. The largest absolute Gasteiger partial charge is 0.478 e. The lowest BCUT2D eigenvalue weighted by molar-refractivity contribution is -0.131. The molecule has 0 bridgehead atoms. The SMILES string of the molecule is C/C=C/C=C/C(=O)O.CCC(O)CO. The summed E-state index contributed by atoms with van der Waals surface area (Å²) in [6, 6.07) is 0. The van der Waals surface area contributed by atoms with Crippen LogP contribution in [-0.2, 0) is 4.79 Å². The van der Waals surface area contributed by atoms with Crippen LogP contribution in [0.5, 0.6) is 0 Å². The molecular weight excluding hydrogens is 184 g/mol. The fraction of sp³-hybridized carbons (Fsp3) is 0.500. The summed E-state index contributed by atoms with van der Waals surface area (Å²) in [6.45, 7) is 3.53. The van der Waals surface area contributed by atoms with Gasteiger partial charge in [0.1, 0.15) is 0 Å². The van der Waals surface area contributed by atoms with Crippen LogP contribution in [0.4, 0.5) is 0 Å². The number of carboxylic acid groups (broad SMARTS) is 1. The number of aliphatic hydroxyl groups excluding tert-OH is 2. The molecule has 4 nitrogen and oxygen atoms in total. The highest BCUT2D eigenvalue weighted by Gasteiger charge is 1.92. The molecule has 0 aromatic carbocycles. The molecule has 1 unspecified atom stereocenters. The predicted molar refractivity (Wildman–Crippen MR) is 55.0 cm³/mol. The first-order chi connectivity index (χ1) is 6.58. The van der Waals surface area contributed by atoms with Crippen molar-refractivity contribution >= 4 is 5.97 Å². The third kappa shape index (κ3) is 17.1. The van der Waals surface area contributed by atoms with Crippen LogP contribution < -0.4 is 0 Å². The van der Waals surface area contributed by atoms with E-state index in [1.165, 1.54) is 6.08 Å². The van der Waals surface area contributed by atoms with Gasteiger partial charge in [-0.2, -0.15) is 0 Å². The quantitative estimate of drug-likeness (QED) is 0.468. The summed E-state index contributed by atoms with van der Waals surface area (Å²) < 4.78 is 0. The summed E-state index contributed by atoms with van der Waals surface area (Å²) in [5, 5.41) is 24.5. The molecule has 0 saturated heterocycles. The monoisotopic (exact) mass is 202 g/mol. The first kappa shape index (κ1) is 15.3. The van der Waals surface area contributed by atoms with Crippen molar-refractivity contribution in [1.82, 2.24) is 0 Å². The van der Waals surface area contributed by atoms with Crippen LogP contribution in [0.2, 0.25) is 0 Å². The van der Waals surface area contributed by atoms with Crippen LogP contribution in [0.3, 0.4) is 0 Å². The number of hydrogen-bond donors (Lipinski definition) is 3. The smallest absolute Gasteiger partial charge is 0.328 e. The number of rotatable bonds is 4. The Morgan fingerprint density at radius 3 is 2.21 bits per heavy atom. The molecule has 82 valence electrons. The van der Waals surface area contributed by atoms with E-state index in [0.29, 0.717) is 6.42 Å². The lowest BCUT2D eigenvalue weighted by Crippen LogP contribution is -2.08. The van der Waals surface area contributed by atoms with Crippen molar-refractivity contribution in [3.8, 4) is 0 Å². The second-order valence-electron chi connectivity index (χ2n) is 2.47. The van der Waals surface area contributed by atoms with E-state index in [9.17, 15) is 4.79 Å². The lowest BCUT2D eigenvalue weighted by Gasteiger charge is -1.97. The molecule has 0 aliphatic heterocycles. The molecule has 14 heavy (non-hydrogen) atoms. The van der Waals surface area contributed by atoms with Crippen molar-refractivity contribution in [2.75, 3.05) is 6.61 Å². The summed E-state index contributed by atoms with van der Waals surface area (Å²) >= 11 is 0. The van der Waals surface area contributed by atoms with Gasteiger partial charge < -0.3 is 15.3 Å². The Balaban J connectivity index is 0. The van der Waals surface area contributed by atoms with Gasteiger partial charge in [-0.15, -0.1) is 0 Å². The molecule has 0 fully saturated rings. The maximum Gasteiger partial charge on any atom is 0.328 e. The minimum atomic E-state index is -0.914. The molecule has 4 heteroatoms. The van der Waals surface area contributed by atoms with Gasteiger partial charge in [0.25, 0.3) is 0 Å². The van der Waals surface area contributed by atoms with Gasteiger partial charge in [-0.3, -0.25) is 0 Å². The summed E-state index contributed by atoms with van der Waals surface area (Å²) in [7, 11) is 0. The van der Waals surface area contributed by atoms with Crippen LogP contribution in [0.15, 0.2) is 24.3 Å². The third-order valence-electron chi connectivity index (χ3n) is 1.22. The summed E-state index contributed by atoms with van der Waals surface area (Å²) in [6.07, 6.45) is 6.11. The van der Waals surface area contributed by atoms with Crippen molar-refractivity contribution in [2.45, 2.75) is 26.4 Å². The summed E-state index contributed by atoms with van der Waals surface area (Å²) in [5.74, 6) is -0.914. The number of allylic oxidation sites excluding steroid dienone is 3. The number of aliphatic carboxylic acids is 1. The Labute approximate surface area is 84.2 Å². The molecule has 0 aliphatic rings. The number of aliphatic hydroxyl groups is 2. The zero-order valence-electron chi connectivity index (χ0n) is 8.55. The van der Waals surface area contributed by atoms with Crippen molar-refractivity contribution < 1.29 is 20.1 Å². The minimum absolute atomic E-state index is 0.115. The molecule has 0 aromatic heterocycles. The predicted octanol–water partition coefficient (Wildman–Crippen LogP) is 0.953. The molecule has 0 amide bonds. The van der Waals surface area contributed by atoms with Crippen LogP contribution in [0.25, 0.3) is 0 Å². The lowest BCUT2D eigenvalue weighted by atomic mass is 10.3. The van der Waals surface area contributed by atoms with E-state index in [-0.39, 0.29) is 6.61 Å². The van der Waals surface area contributed by atoms with Gasteiger partial charge >= 0.3 is 5.97 Å². The van der Waals surface area contributed by atoms with Gasteiger partial charge in [0, 0.05) is 6.08 Å². The Morgan fingerprint density at radius 1 is 1.43 bits per heavy atom. The van der Waals surface area contributed by atoms with Gasteiger partial charge in [-0.05, 0) is 13.3 Å². The Hall–Kier alpha value is -1.13. The average molecular weight is 202 g/mol. The standard InChI is InChI=1S/C6H8O2.C4H10O2/c1-2-3-4-5-6(7)8;1-2-4(6)3-5/h2-5H,1H3,(H,7,8);4-6H,2-3H2,1H3/b3-2+,5-4+;. The molecular formula is C10H18O4. The van der Waals surface area contributed by atoms with E-state index in [2.05, 4.69) is 0 Å². The van der Waals surface area contributed by atoms with E-state index < -0.39 is 12.1 Å². The summed E-state index contributed by atoms with van der Waals surface area (Å²) in [5.41, 5.74) is 0. The van der Waals surface area contributed by atoms with Gasteiger partial charge in [-0.1, -0.05) is 25.2 Å². The van der Waals surface area contributed by atoms with Crippen LogP contribution in [0, 0.1) is 0 Å². The highest BCUT2D eigenvalue weighted by atomic mass is 16.4. The van der Waals surface area contributed by atoms with Crippen LogP contribution in [0.1, 0.15) is 20.3 Å². The van der Waals surface area contributed by atoms with Gasteiger partial charge in [-0.25, -0.2) is 4.79 Å². The normalized spacial score (nSPS) is 12.6. The second-order valence-corrected chi connectivity index (χ2v) is 2.47.